The maximum Gasteiger partial charge on any atom is 0.338 e. The second kappa shape index (κ2) is 8.41. The molecule has 1 aromatic rings. The molecule has 1 aliphatic carbocycles. The lowest BCUT2D eigenvalue weighted by Gasteiger charge is -2.14. The summed E-state index contributed by atoms with van der Waals surface area (Å²) in [4.78, 5) is 24.7. The van der Waals surface area contributed by atoms with Crippen LogP contribution in [0, 0.1) is 13.8 Å². The van der Waals surface area contributed by atoms with E-state index in [1.54, 1.807) is 0 Å². The van der Waals surface area contributed by atoms with E-state index < -0.39 is 0 Å². The van der Waals surface area contributed by atoms with Crippen molar-refractivity contribution in [3.63, 3.8) is 0 Å². The van der Waals surface area contributed by atoms with Crippen molar-refractivity contribution in [2.24, 2.45) is 0 Å². The molecule has 26 heavy (non-hydrogen) atoms. The molecular weight excluding hydrogens is 371 g/mol. The van der Waals surface area contributed by atoms with Gasteiger partial charge >= 0.3 is 5.97 Å². The fraction of sp³-hybridized carbons (Fsp3) is 0.429. The second-order valence-electron chi connectivity index (χ2n) is 7.05. The molecule has 0 aliphatic heterocycles. The molecule has 0 radical (unpaired) electrons. The van der Waals surface area contributed by atoms with Crippen LogP contribution in [0.2, 0.25) is 0 Å². The molecule has 0 N–H and O–H groups in total. The van der Waals surface area contributed by atoms with Gasteiger partial charge in [-0.05, 0) is 69.7 Å². The third kappa shape index (κ3) is 4.57. The molecule has 0 amide bonds. The molecule has 0 bridgehead atoms. The molecule has 0 saturated carbocycles. The highest BCUT2D eigenvalue weighted by atomic mass is 35.5. The topological polar surface area (TPSA) is 43.4 Å². The number of halogens is 2. The van der Waals surface area contributed by atoms with E-state index >= 15 is 0 Å². The molecule has 0 fully saturated rings. The zero-order valence-corrected chi connectivity index (χ0v) is 17.3. The van der Waals surface area contributed by atoms with Crippen molar-refractivity contribution in [3.8, 4) is 0 Å². The summed E-state index contributed by atoms with van der Waals surface area (Å²) >= 11 is 12.3. The highest BCUT2D eigenvalue weighted by molar-refractivity contribution is 6.46. The summed E-state index contributed by atoms with van der Waals surface area (Å²) in [5, 5.41) is 0.878. The average Bonchev–Trinajstić information content (AvgIpc) is 2.79. The average molecular weight is 395 g/mol. The number of esters is 1. The monoisotopic (exact) mass is 394 g/mol. The Labute approximate surface area is 165 Å². The first-order chi connectivity index (χ1) is 12.1. The zero-order valence-electron chi connectivity index (χ0n) is 15.8. The van der Waals surface area contributed by atoms with Crippen molar-refractivity contribution < 1.29 is 14.3 Å². The minimum Gasteiger partial charge on any atom is -0.459 e. The van der Waals surface area contributed by atoms with Crippen LogP contribution in [0.15, 0.2) is 33.3 Å². The summed E-state index contributed by atoms with van der Waals surface area (Å²) in [7, 11) is 0. The normalized spacial score (nSPS) is 14.5. The molecule has 5 heteroatoms. The van der Waals surface area contributed by atoms with Crippen LogP contribution in [0.5, 0.6) is 0 Å². The number of carbonyl (C=O) groups is 2. The largest absolute Gasteiger partial charge is 0.459 e. The number of allylic oxidation sites excluding steroid dienone is 4. The van der Waals surface area contributed by atoms with Gasteiger partial charge in [0.25, 0.3) is 0 Å². The van der Waals surface area contributed by atoms with E-state index in [1.807, 2.05) is 46.8 Å². The Hall–Kier alpha value is -1.58. The predicted octanol–water partition coefficient (Wildman–Crippen LogP) is 5.78. The maximum absolute atomic E-state index is 12.5. The molecule has 0 unspecified atom stereocenters. The van der Waals surface area contributed by atoms with Crippen molar-refractivity contribution in [1.29, 1.82) is 0 Å². The number of ether oxygens (including phenoxy) is 1. The fourth-order valence-corrected chi connectivity index (χ4v) is 3.68. The highest BCUT2D eigenvalue weighted by Crippen LogP contribution is 2.38. The number of carbonyl (C=O) groups excluding carboxylic acids is 2. The minimum atomic E-state index is -0.309. The summed E-state index contributed by atoms with van der Waals surface area (Å²) < 4.78 is 5.30. The Balaban J connectivity index is 2.10. The summed E-state index contributed by atoms with van der Waals surface area (Å²) in [6.45, 7) is 9.31. The van der Waals surface area contributed by atoms with Crippen molar-refractivity contribution in [2.45, 2.75) is 60.0 Å². The third-order valence-electron chi connectivity index (χ3n) is 4.39. The van der Waals surface area contributed by atoms with Crippen LogP contribution < -0.4 is 0 Å². The van der Waals surface area contributed by atoms with Crippen molar-refractivity contribution >= 4 is 35.0 Å². The minimum absolute atomic E-state index is 0.0172. The van der Waals surface area contributed by atoms with Gasteiger partial charge in [-0.1, -0.05) is 35.3 Å². The number of hydrogen-bond acceptors (Lipinski definition) is 3. The van der Waals surface area contributed by atoms with Gasteiger partial charge in [0, 0.05) is 12.0 Å². The number of aryl methyl sites for hydroxylation is 3. The van der Waals surface area contributed by atoms with Gasteiger partial charge in [-0.25, -0.2) is 4.79 Å². The zero-order chi connectivity index (χ0) is 19.6. The Kier molecular flexibility index (Phi) is 6.70. The lowest BCUT2D eigenvalue weighted by atomic mass is 9.95. The Morgan fingerprint density at radius 1 is 1.08 bits per heavy atom. The Morgan fingerprint density at radius 3 is 2.12 bits per heavy atom. The highest BCUT2D eigenvalue weighted by Gasteiger charge is 2.24. The maximum atomic E-state index is 12.5. The van der Waals surface area contributed by atoms with Crippen LogP contribution in [0.25, 0.3) is 0 Å². The van der Waals surface area contributed by atoms with Gasteiger partial charge < -0.3 is 4.74 Å². The van der Waals surface area contributed by atoms with E-state index in [0.717, 1.165) is 22.3 Å². The molecule has 0 atom stereocenters. The molecule has 0 heterocycles. The smallest absolute Gasteiger partial charge is 0.338 e. The summed E-state index contributed by atoms with van der Waals surface area (Å²) in [5.41, 5.74) is 4.86. The van der Waals surface area contributed by atoms with Gasteiger partial charge in [-0.3, -0.25) is 4.79 Å². The lowest BCUT2D eigenvalue weighted by molar-refractivity contribution is -0.115. The van der Waals surface area contributed by atoms with E-state index in [9.17, 15) is 9.59 Å². The first kappa shape index (κ1) is 20.7. The number of hydrogen-bond donors (Lipinski definition) is 0. The van der Waals surface area contributed by atoms with Crippen molar-refractivity contribution in [1.82, 2.24) is 0 Å². The van der Waals surface area contributed by atoms with Gasteiger partial charge in [-0.15, -0.1) is 0 Å². The lowest BCUT2D eigenvalue weighted by Crippen LogP contribution is -2.14. The summed E-state index contributed by atoms with van der Waals surface area (Å²) in [5.74, 6) is -0.291. The van der Waals surface area contributed by atoms with Crippen LogP contribution in [-0.4, -0.2) is 17.9 Å². The second-order valence-corrected chi connectivity index (χ2v) is 7.80. The molecule has 1 aromatic carbocycles. The van der Waals surface area contributed by atoms with E-state index in [0.29, 0.717) is 40.5 Å². The molecular formula is C21H24Cl2O3. The van der Waals surface area contributed by atoms with Crippen LogP contribution in [0.3, 0.4) is 0 Å². The molecule has 0 saturated heterocycles. The predicted molar refractivity (Wildman–Crippen MR) is 106 cm³/mol. The molecule has 140 valence electrons. The Morgan fingerprint density at radius 2 is 1.65 bits per heavy atom. The van der Waals surface area contributed by atoms with Gasteiger partial charge in [-0.2, -0.15) is 0 Å². The van der Waals surface area contributed by atoms with E-state index in [1.165, 1.54) is 0 Å². The SMILES string of the molecule is CC1=C(Cl)C(Cl)=C(C(=O)CCc2cc(C)c(C(=O)OC(C)C)c(C)c2)C1. The van der Waals surface area contributed by atoms with Crippen LogP contribution in [-0.2, 0) is 16.0 Å². The number of benzene rings is 1. The number of ketones is 1. The fourth-order valence-electron chi connectivity index (χ4n) is 3.16. The van der Waals surface area contributed by atoms with Gasteiger partial charge in [0.05, 0.1) is 21.7 Å². The van der Waals surface area contributed by atoms with Crippen molar-refractivity contribution in [2.75, 3.05) is 0 Å². The summed E-state index contributed by atoms with van der Waals surface area (Å²) in [6, 6.07) is 3.89. The van der Waals surface area contributed by atoms with E-state index in [4.69, 9.17) is 27.9 Å². The number of rotatable bonds is 6. The van der Waals surface area contributed by atoms with Crippen LogP contribution in [0.1, 0.15) is 60.7 Å². The van der Waals surface area contributed by atoms with Gasteiger partial charge in [0.2, 0.25) is 0 Å². The van der Waals surface area contributed by atoms with Gasteiger partial charge in [0.1, 0.15) is 0 Å². The molecule has 0 spiro atoms. The number of Topliss-reactive ketones (excluding diaryl/α,β-unsaturated/α-hetero) is 1. The first-order valence-corrected chi connectivity index (χ1v) is 9.46. The quantitative estimate of drug-likeness (QED) is 0.574. The molecule has 0 aromatic heterocycles. The molecule has 1 aliphatic rings. The molecule has 2 rings (SSSR count). The van der Waals surface area contributed by atoms with Crippen LogP contribution in [0.4, 0.5) is 0 Å². The standard InChI is InChI=1S/C21H24Cl2O3/c1-11(2)26-21(25)18-12(3)8-15(9-13(18)4)6-7-17(24)16-10-14(5)19(22)20(16)23/h8-9,11H,6-7,10H2,1-5H3. The van der Waals surface area contributed by atoms with Gasteiger partial charge in [0.15, 0.2) is 5.78 Å². The van der Waals surface area contributed by atoms with E-state index in [-0.39, 0.29) is 17.9 Å². The van der Waals surface area contributed by atoms with E-state index in [2.05, 4.69) is 0 Å². The third-order valence-corrected chi connectivity index (χ3v) is 5.42. The first-order valence-electron chi connectivity index (χ1n) is 8.70. The van der Waals surface area contributed by atoms with Crippen molar-refractivity contribution in [3.05, 3.63) is 55.6 Å². The summed E-state index contributed by atoms with van der Waals surface area (Å²) in [6.07, 6.45) is 1.31. The van der Waals surface area contributed by atoms with Crippen LogP contribution >= 0.6 is 23.2 Å². The molecule has 3 nitrogen and oxygen atoms in total. The Bertz CT molecular complexity index is 794.